The van der Waals surface area contributed by atoms with Crippen molar-refractivity contribution in [3.63, 3.8) is 0 Å². The molecule has 0 aliphatic heterocycles. The van der Waals surface area contributed by atoms with E-state index in [0.29, 0.717) is 24.8 Å². The standard InChI is InChI=1S/C20H20ClNO3.ClHO4/c1-14-2-7-19-17(12-14)18(22-8-10-24-11-9-23)13-20(25-19)15-3-5-16(21)6-4-15;2-1(3,4)5/h2-7,12-13,23H,8-11H2,1H3;(H,2,3,4,5). The summed E-state index contributed by atoms with van der Waals surface area (Å²) >= 11 is 5.98. The van der Waals surface area contributed by atoms with Crippen molar-refractivity contribution < 1.29 is 48.1 Å². The quantitative estimate of drug-likeness (QED) is 0.382. The minimum atomic E-state index is -4.94. The normalized spacial score (nSPS) is 12.0. The molecule has 0 spiro atoms. The number of nitrogens with one attached hydrogen (secondary N) is 1. The molecule has 0 amide bonds. The molecule has 3 aromatic rings. The molecule has 1 aromatic heterocycles. The number of hydrogen-bond acceptors (Lipinski definition) is 7. The minimum absolute atomic E-state index is 0.0348. The number of ether oxygens (including phenoxy) is 1. The molecule has 1 heterocycles. The van der Waals surface area contributed by atoms with Gasteiger partial charge in [0.05, 0.1) is 24.7 Å². The Labute approximate surface area is 180 Å². The Morgan fingerprint density at radius 2 is 1.70 bits per heavy atom. The van der Waals surface area contributed by atoms with E-state index in [4.69, 9.17) is 44.5 Å². The van der Waals surface area contributed by atoms with Crippen molar-refractivity contribution >= 4 is 22.6 Å². The summed E-state index contributed by atoms with van der Waals surface area (Å²) in [7, 11) is -4.94. The molecule has 0 radical (unpaired) electrons. The van der Waals surface area contributed by atoms with Gasteiger partial charge in [-0.2, -0.15) is 0 Å². The highest BCUT2D eigenvalue weighted by Crippen LogP contribution is 2.23. The van der Waals surface area contributed by atoms with Crippen LogP contribution in [0.5, 0.6) is 0 Å². The Bertz CT molecular complexity index is 1010. The molecule has 2 N–H and O–H groups in total. The summed E-state index contributed by atoms with van der Waals surface area (Å²) in [4.78, 5) is 3.40. The van der Waals surface area contributed by atoms with E-state index in [1.165, 1.54) is 5.56 Å². The topological polar surface area (TPSA) is 149 Å². The number of halogens is 2. The lowest BCUT2D eigenvalue weighted by Crippen LogP contribution is -2.77. The second-order valence-electron chi connectivity index (χ2n) is 6.17. The molecule has 0 aliphatic rings. The summed E-state index contributed by atoms with van der Waals surface area (Å²) in [6, 6.07) is 15.7. The fourth-order valence-electron chi connectivity index (χ4n) is 2.63. The van der Waals surface area contributed by atoms with Gasteiger partial charge in [0, 0.05) is 10.6 Å². The molecule has 30 heavy (non-hydrogen) atoms. The summed E-state index contributed by atoms with van der Waals surface area (Å²) in [6.07, 6.45) is 0. The number of rotatable bonds is 6. The van der Waals surface area contributed by atoms with E-state index < -0.39 is 10.2 Å². The predicted octanol–water partition coefficient (Wildman–Crippen LogP) is -2.70. The van der Waals surface area contributed by atoms with Crippen LogP contribution in [0.25, 0.3) is 22.3 Å². The van der Waals surface area contributed by atoms with E-state index in [1.54, 1.807) is 0 Å². The molecule has 0 bridgehead atoms. The van der Waals surface area contributed by atoms with Gasteiger partial charge in [-0.15, -0.1) is 10.2 Å². The molecular weight excluding hydrogens is 437 g/mol. The third-order valence-corrected chi connectivity index (χ3v) is 4.10. The molecule has 0 unspecified atom stereocenters. The van der Waals surface area contributed by atoms with Gasteiger partial charge >= 0.3 is 0 Å². The van der Waals surface area contributed by atoms with Crippen molar-refractivity contribution in [3.8, 4) is 11.3 Å². The average molecular weight is 458 g/mol. The number of benzene rings is 2. The number of hydrogen-bond donors (Lipinski definition) is 2. The van der Waals surface area contributed by atoms with Crippen LogP contribution in [0.15, 0.2) is 52.9 Å². The van der Waals surface area contributed by atoms with Crippen molar-refractivity contribution in [3.05, 3.63) is 64.5 Å². The zero-order valence-electron chi connectivity index (χ0n) is 16.1. The maximum atomic E-state index is 8.77. The van der Waals surface area contributed by atoms with Crippen molar-refractivity contribution in [2.45, 2.75) is 6.92 Å². The first-order valence-electron chi connectivity index (χ1n) is 8.85. The molecule has 162 valence electrons. The Kier molecular flexibility index (Phi) is 9.22. The van der Waals surface area contributed by atoms with Gasteiger partial charge in [0.25, 0.3) is 0 Å². The molecular formula is C20H21Cl2NO7. The minimum Gasteiger partial charge on any atom is -0.456 e. The Hall–Kier alpha value is -2.01. The summed E-state index contributed by atoms with van der Waals surface area (Å²) in [5.74, 6) is 0.770. The van der Waals surface area contributed by atoms with Gasteiger partial charge in [-0.1, -0.05) is 23.2 Å². The highest BCUT2D eigenvalue weighted by molar-refractivity contribution is 6.30. The number of aryl methyl sites for hydroxylation is 1. The van der Waals surface area contributed by atoms with Crippen LogP contribution in [-0.4, -0.2) is 31.5 Å². The predicted molar refractivity (Wildman–Crippen MR) is 98.3 cm³/mol. The zero-order valence-corrected chi connectivity index (χ0v) is 17.6. The van der Waals surface area contributed by atoms with E-state index in [2.05, 4.69) is 18.0 Å². The molecule has 8 nitrogen and oxygen atoms in total. The van der Waals surface area contributed by atoms with Gasteiger partial charge in [-0.25, -0.2) is 23.6 Å². The Morgan fingerprint density at radius 3 is 2.33 bits per heavy atom. The van der Waals surface area contributed by atoms with Crippen LogP contribution < -0.4 is 29.0 Å². The molecule has 2 aromatic carbocycles. The highest BCUT2D eigenvalue weighted by atomic mass is 35.7. The average Bonchev–Trinajstić information content (AvgIpc) is 2.67. The first-order valence-corrected chi connectivity index (χ1v) is 10.5. The molecule has 0 aliphatic carbocycles. The zero-order chi connectivity index (χ0) is 22.1. The SMILES string of the molecule is Cc1ccc2oc(-c3ccc(Cl)cc3)cc(=[NH+]CCOCCO)c2c1.[O-][Cl+3]([O-])([O-])[O-]. The molecule has 0 saturated heterocycles. The Balaban J connectivity index is 0.000000575. The molecule has 3 rings (SSSR count). The van der Waals surface area contributed by atoms with E-state index in [9.17, 15) is 0 Å². The van der Waals surface area contributed by atoms with Crippen molar-refractivity contribution in [1.82, 2.24) is 0 Å². The first-order chi connectivity index (χ1) is 14.2. The lowest BCUT2D eigenvalue weighted by Gasteiger charge is -2.17. The second kappa shape index (κ2) is 11.4. The largest absolute Gasteiger partial charge is 0.456 e. The van der Waals surface area contributed by atoms with Crippen LogP contribution in [0.4, 0.5) is 0 Å². The number of aliphatic hydroxyl groups excluding tert-OH is 1. The van der Waals surface area contributed by atoms with E-state index in [0.717, 1.165) is 27.7 Å². The van der Waals surface area contributed by atoms with Crippen LogP contribution in [0, 0.1) is 17.2 Å². The van der Waals surface area contributed by atoms with Gasteiger partial charge in [0.1, 0.15) is 18.0 Å². The summed E-state index contributed by atoms with van der Waals surface area (Å²) < 4.78 is 45.4. The summed E-state index contributed by atoms with van der Waals surface area (Å²) in [6.45, 7) is 3.61. The number of fused-ring (bicyclic) bond motifs is 1. The molecule has 10 heteroatoms. The third kappa shape index (κ3) is 8.39. The van der Waals surface area contributed by atoms with Gasteiger partial charge in [-0.3, -0.25) is 0 Å². The summed E-state index contributed by atoms with van der Waals surface area (Å²) in [5.41, 5.74) is 2.95. The maximum Gasteiger partial charge on any atom is 0.213 e. The summed E-state index contributed by atoms with van der Waals surface area (Å²) in [5, 5.41) is 11.5. The fraction of sp³-hybridized carbons (Fsp3) is 0.250. The van der Waals surface area contributed by atoms with Crippen LogP contribution in [0.1, 0.15) is 5.56 Å². The fourth-order valence-corrected chi connectivity index (χ4v) is 2.75. The van der Waals surface area contributed by atoms with Crippen molar-refractivity contribution in [2.24, 2.45) is 0 Å². The van der Waals surface area contributed by atoms with E-state index >= 15 is 0 Å². The highest BCUT2D eigenvalue weighted by Gasteiger charge is 2.09. The van der Waals surface area contributed by atoms with Crippen molar-refractivity contribution in [1.29, 1.82) is 0 Å². The monoisotopic (exact) mass is 457 g/mol. The smallest absolute Gasteiger partial charge is 0.213 e. The molecule has 0 fully saturated rings. The van der Waals surface area contributed by atoms with Gasteiger partial charge in [-0.05, 0) is 43.3 Å². The Morgan fingerprint density at radius 1 is 1.03 bits per heavy atom. The van der Waals surface area contributed by atoms with E-state index in [1.807, 2.05) is 42.5 Å². The van der Waals surface area contributed by atoms with Gasteiger partial charge in [0.2, 0.25) is 5.36 Å². The van der Waals surface area contributed by atoms with E-state index in [-0.39, 0.29) is 6.61 Å². The molecule has 0 atom stereocenters. The lowest BCUT2D eigenvalue weighted by molar-refractivity contribution is -2.00. The molecule has 0 saturated carbocycles. The second-order valence-corrected chi connectivity index (χ2v) is 7.36. The number of aliphatic hydroxyl groups is 1. The van der Waals surface area contributed by atoms with Crippen LogP contribution in [0.2, 0.25) is 5.02 Å². The van der Waals surface area contributed by atoms with Crippen molar-refractivity contribution in [2.75, 3.05) is 26.4 Å². The third-order valence-electron chi connectivity index (χ3n) is 3.85. The maximum absolute atomic E-state index is 8.77. The van der Waals surface area contributed by atoms with Crippen LogP contribution >= 0.6 is 11.6 Å². The van der Waals surface area contributed by atoms with Crippen LogP contribution in [-0.2, 0) is 4.74 Å². The lowest BCUT2D eigenvalue weighted by atomic mass is 10.1. The van der Waals surface area contributed by atoms with Gasteiger partial charge < -0.3 is 14.3 Å². The van der Waals surface area contributed by atoms with Gasteiger partial charge in [0.15, 0.2) is 6.54 Å². The first kappa shape index (κ1) is 24.3. The van der Waals surface area contributed by atoms with Crippen LogP contribution in [0.3, 0.4) is 0 Å².